The topological polar surface area (TPSA) is 42.8 Å². The Kier molecular flexibility index (Phi) is 7.60. The zero-order chi connectivity index (χ0) is 18.9. The standard InChI is InChI=1S/C21H27FN2O2/c1-4-24(5-2)15-18-9-7-6-8-17(18)14-23-21(25)13-16-10-11-20(26-3)19(22)12-16/h6-12H,4-5,13-15H2,1-3H3,(H,23,25)/p+1. The van der Waals surface area contributed by atoms with Gasteiger partial charge in [0.15, 0.2) is 11.6 Å². The minimum absolute atomic E-state index is 0.125. The van der Waals surface area contributed by atoms with Gasteiger partial charge in [0, 0.05) is 12.1 Å². The summed E-state index contributed by atoms with van der Waals surface area (Å²) in [6.45, 7) is 7.92. The van der Waals surface area contributed by atoms with Crippen molar-refractivity contribution in [3.8, 4) is 5.75 Å². The molecular weight excluding hydrogens is 331 g/mol. The number of ether oxygens (including phenoxy) is 1. The lowest BCUT2D eigenvalue weighted by Crippen LogP contribution is -3.10. The Morgan fingerprint density at radius 3 is 2.42 bits per heavy atom. The van der Waals surface area contributed by atoms with Gasteiger partial charge >= 0.3 is 0 Å². The number of nitrogens with one attached hydrogen (secondary N) is 2. The lowest BCUT2D eigenvalue weighted by Gasteiger charge is -2.18. The first-order valence-electron chi connectivity index (χ1n) is 9.06. The summed E-state index contributed by atoms with van der Waals surface area (Å²) in [5.74, 6) is -0.396. The van der Waals surface area contributed by atoms with Gasteiger partial charge < -0.3 is 15.0 Å². The predicted molar refractivity (Wildman–Crippen MR) is 101 cm³/mol. The number of hydrogen-bond donors (Lipinski definition) is 2. The highest BCUT2D eigenvalue weighted by atomic mass is 19.1. The lowest BCUT2D eigenvalue weighted by atomic mass is 10.1. The summed E-state index contributed by atoms with van der Waals surface area (Å²) in [4.78, 5) is 13.7. The first kappa shape index (κ1) is 19.9. The van der Waals surface area contributed by atoms with E-state index in [9.17, 15) is 9.18 Å². The van der Waals surface area contributed by atoms with Gasteiger partial charge in [-0.3, -0.25) is 4.79 Å². The molecular formula is C21H28FN2O2+. The Balaban J connectivity index is 1.96. The smallest absolute Gasteiger partial charge is 0.224 e. The maximum absolute atomic E-state index is 13.7. The second-order valence-corrected chi connectivity index (χ2v) is 6.32. The van der Waals surface area contributed by atoms with Gasteiger partial charge in [-0.1, -0.05) is 30.3 Å². The number of hydrogen-bond acceptors (Lipinski definition) is 2. The number of carbonyl (C=O) groups is 1. The van der Waals surface area contributed by atoms with Crippen molar-refractivity contribution in [1.29, 1.82) is 0 Å². The van der Waals surface area contributed by atoms with Crippen LogP contribution in [0.3, 0.4) is 0 Å². The zero-order valence-corrected chi connectivity index (χ0v) is 15.8. The van der Waals surface area contributed by atoms with Crippen LogP contribution in [0, 0.1) is 5.82 Å². The highest BCUT2D eigenvalue weighted by molar-refractivity contribution is 5.78. The van der Waals surface area contributed by atoms with Crippen LogP contribution in [0.4, 0.5) is 4.39 Å². The number of benzene rings is 2. The fourth-order valence-corrected chi connectivity index (χ4v) is 2.93. The largest absolute Gasteiger partial charge is 0.494 e. The molecule has 2 rings (SSSR count). The Bertz CT molecular complexity index is 730. The summed E-state index contributed by atoms with van der Waals surface area (Å²) in [6.07, 6.45) is 0.143. The van der Waals surface area contributed by atoms with Crippen LogP contribution in [-0.2, 0) is 24.3 Å². The van der Waals surface area contributed by atoms with Crippen LogP contribution >= 0.6 is 0 Å². The molecule has 26 heavy (non-hydrogen) atoms. The van der Waals surface area contributed by atoms with Crippen molar-refractivity contribution in [3.63, 3.8) is 0 Å². The average Bonchev–Trinajstić information content (AvgIpc) is 2.65. The molecule has 0 aliphatic heterocycles. The minimum atomic E-state index is -0.453. The van der Waals surface area contributed by atoms with Gasteiger partial charge in [0.05, 0.1) is 26.6 Å². The van der Waals surface area contributed by atoms with Crippen LogP contribution in [0.2, 0.25) is 0 Å². The minimum Gasteiger partial charge on any atom is -0.494 e. The van der Waals surface area contributed by atoms with Gasteiger partial charge in [0.1, 0.15) is 6.54 Å². The van der Waals surface area contributed by atoms with Gasteiger partial charge in [-0.2, -0.15) is 0 Å². The van der Waals surface area contributed by atoms with E-state index in [1.807, 2.05) is 18.2 Å². The summed E-state index contributed by atoms with van der Waals surface area (Å²) >= 11 is 0. The number of quaternary nitrogens is 1. The summed E-state index contributed by atoms with van der Waals surface area (Å²) in [7, 11) is 1.42. The van der Waals surface area contributed by atoms with Crippen LogP contribution in [0.5, 0.6) is 5.75 Å². The molecule has 1 amide bonds. The molecule has 0 fully saturated rings. The summed E-state index contributed by atoms with van der Waals surface area (Å²) < 4.78 is 18.6. The van der Waals surface area contributed by atoms with E-state index in [0.29, 0.717) is 12.1 Å². The van der Waals surface area contributed by atoms with Gasteiger partial charge in [-0.15, -0.1) is 0 Å². The third-order valence-corrected chi connectivity index (χ3v) is 4.62. The third-order valence-electron chi connectivity index (χ3n) is 4.62. The van der Waals surface area contributed by atoms with Gasteiger partial charge in [0.2, 0.25) is 5.91 Å². The first-order chi connectivity index (χ1) is 12.6. The molecule has 2 aromatic rings. The Labute approximate surface area is 155 Å². The summed E-state index contributed by atoms with van der Waals surface area (Å²) in [6, 6.07) is 12.8. The number of amides is 1. The fraction of sp³-hybridized carbons (Fsp3) is 0.381. The lowest BCUT2D eigenvalue weighted by molar-refractivity contribution is -0.910. The van der Waals surface area contributed by atoms with Crippen molar-refractivity contribution in [2.75, 3.05) is 20.2 Å². The maximum atomic E-state index is 13.7. The summed E-state index contributed by atoms with van der Waals surface area (Å²) in [5.41, 5.74) is 3.00. The van der Waals surface area contributed by atoms with E-state index in [4.69, 9.17) is 4.74 Å². The first-order valence-corrected chi connectivity index (χ1v) is 9.06. The molecule has 0 spiro atoms. The van der Waals surface area contributed by atoms with Gasteiger partial charge in [-0.25, -0.2) is 4.39 Å². The van der Waals surface area contributed by atoms with E-state index in [2.05, 4.69) is 25.2 Å². The van der Waals surface area contributed by atoms with Gasteiger partial charge in [0.25, 0.3) is 0 Å². The molecule has 0 aliphatic carbocycles. The molecule has 0 atom stereocenters. The fourth-order valence-electron chi connectivity index (χ4n) is 2.93. The highest BCUT2D eigenvalue weighted by Gasteiger charge is 2.11. The molecule has 0 aliphatic rings. The molecule has 5 heteroatoms. The molecule has 4 nitrogen and oxygen atoms in total. The molecule has 0 heterocycles. The van der Waals surface area contributed by atoms with E-state index in [1.165, 1.54) is 23.6 Å². The molecule has 0 aromatic heterocycles. The average molecular weight is 359 g/mol. The van der Waals surface area contributed by atoms with Crippen molar-refractivity contribution in [3.05, 3.63) is 65.0 Å². The molecule has 0 bridgehead atoms. The molecule has 0 saturated heterocycles. The Morgan fingerprint density at radius 1 is 1.12 bits per heavy atom. The van der Waals surface area contributed by atoms with Crippen molar-refractivity contribution in [2.24, 2.45) is 0 Å². The van der Waals surface area contributed by atoms with Crippen molar-refractivity contribution in [1.82, 2.24) is 5.32 Å². The van der Waals surface area contributed by atoms with Gasteiger partial charge in [-0.05, 0) is 37.1 Å². The number of methoxy groups -OCH3 is 1. The van der Waals surface area contributed by atoms with Crippen LogP contribution in [0.1, 0.15) is 30.5 Å². The number of halogens is 1. The van der Waals surface area contributed by atoms with Crippen LogP contribution < -0.4 is 15.0 Å². The highest BCUT2D eigenvalue weighted by Crippen LogP contribution is 2.18. The number of rotatable bonds is 9. The second-order valence-electron chi connectivity index (χ2n) is 6.32. The molecule has 0 unspecified atom stereocenters. The SMILES string of the molecule is CC[NH+](CC)Cc1ccccc1CNC(=O)Cc1ccc(OC)c(F)c1. The third kappa shape index (κ3) is 5.56. The van der Waals surface area contributed by atoms with Crippen LogP contribution in [-0.4, -0.2) is 26.1 Å². The monoisotopic (exact) mass is 359 g/mol. The van der Waals surface area contributed by atoms with E-state index >= 15 is 0 Å². The number of carbonyl (C=O) groups excluding carboxylic acids is 1. The van der Waals surface area contributed by atoms with Crippen LogP contribution in [0.15, 0.2) is 42.5 Å². The van der Waals surface area contributed by atoms with E-state index in [1.54, 1.807) is 12.1 Å². The Morgan fingerprint density at radius 2 is 1.81 bits per heavy atom. The van der Waals surface area contributed by atoms with E-state index < -0.39 is 5.82 Å². The maximum Gasteiger partial charge on any atom is 0.224 e. The molecule has 2 N–H and O–H groups in total. The quantitative estimate of drug-likeness (QED) is 0.720. The van der Waals surface area contributed by atoms with E-state index in [-0.39, 0.29) is 18.1 Å². The normalized spacial score (nSPS) is 10.8. The van der Waals surface area contributed by atoms with Crippen LogP contribution in [0.25, 0.3) is 0 Å². The molecule has 2 aromatic carbocycles. The molecule has 140 valence electrons. The van der Waals surface area contributed by atoms with Crippen molar-refractivity contribution >= 4 is 5.91 Å². The van der Waals surface area contributed by atoms with Crippen molar-refractivity contribution < 1.29 is 18.8 Å². The van der Waals surface area contributed by atoms with Crippen molar-refractivity contribution in [2.45, 2.75) is 33.4 Å². The van der Waals surface area contributed by atoms with E-state index in [0.717, 1.165) is 25.2 Å². The summed E-state index contributed by atoms with van der Waals surface area (Å²) in [5, 5.41) is 2.94. The molecule has 0 saturated carbocycles. The predicted octanol–water partition coefficient (Wildman–Crippen LogP) is 2.12. The molecule has 0 radical (unpaired) electrons. The zero-order valence-electron chi connectivity index (χ0n) is 15.8. The Hall–Kier alpha value is -2.40. The second kappa shape index (κ2) is 9.92.